The molecule has 3 heterocycles. The monoisotopic (exact) mass is 283 g/mol. The second kappa shape index (κ2) is 4.89. The number of pyridine rings is 1. The minimum absolute atomic E-state index is 0.360. The van der Waals surface area contributed by atoms with Crippen molar-refractivity contribution in [1.29, 1.82) is 0 Å². The van der Waals surface area contributed by atoms with Crippen LogP contribution in [0.5, 0.6) is 0 Å². The Hall–Kier alpha value is -1.79. The number of rotatable bonds is 2. The summed E-state index contributed by atoms with van der Waals surface area (Å²) in [6.45, 7) is 8.11. The zero-order valence-electron chi connectivity index (χ0n) is 12.7. The summed E-state index contributed by atoms with van der Waals surface area (Å²) < 4.78 is 12.0. The average Bonchev–Trinajstić information content (AvgIpc) is 2.69. The van der Waals surface area contributed by atoms with Crippen LogP contribution in [0.1, 0.15) is 27.7 Å². The molecule has 2 aromatic rings. The van der Waals surface area contributed by atoms with E-state index in [1.165, 1.54) is 0 Å². The molecule has 0 spiro atoms. The SMILES string of the molecule is CC1(C)OB(c2cnc(-c3ccncc3)nc2)OC1(C)C. The van der Waals surface area contributed by atoms with Gasteiger partial charge in [-0.25, -0.2) is 9.97 Å². The van der Waals surface area contributed by atoms with Crippen LogP contribution in [-0.2, 0) is 9.31 Å². The highest BCUT2D eigenvalue weighted by Crippen LogP contribution is 2.36. The summed E-state index contributed by atoms with van der Waals surface area (Å²) in [6.07, 6.45) is 6.96. The smallest absolute Gasteiger partial charge is 0.399 e. The molecule has 108 valence electrons. The molecule has 0 bridgehead atoms. The van der Waals surface area contributed by atoms with Crippen molar-refractivity contribution in [2.24, 2.45) is 0 Å². The van der Waals surface area contributed by atoms with Gasteiger partial charge in [-0.15, -0.1) is 0 Å². The lowest BCUT2D eigenvalue weighted by Gasteiger charge is -2.32. The molecule has 21 heavy (non-hydrogen) atoms. The molecule has 1 aliphatic rings. The van der Waals surface area contributed by atoms with Gasteiger partial charge in [-0.05, 0) is 39.8 Å². The standard InChI is InChI=1S/C15H18BN3O2/c1-14(2)15(3,4)21-16(20-14)12-9-18-13(19-10-12)11-5-7-17-8-6-11/h5-10H,1-4H3. The van der Waals surface area contributed by atoms with Crippen LogP contribution in [0.3, 0.4) is 0 Å². The normalized spacial score (nSPS) is 19.7. The largest absolute Gasteiger partial charge is 0.498 e. The molecule has 2 aromatic heterocycles. The predicted molar refractivity (Wildman–Crippen MR) is 81.0 cm³/mol. The van der Waals surface area contributed by atoms with Crippen LogP contribution in [-0.4, -0.2) is 33.3 Å². The maximum atomic E-state index is 5.98. The first-order valence-corrected chi connectivity index (χ1v) is 6.97. The van der Waals surface area contributed by atoms with E-state index in [1.54, 1.807) is 24.8 Å². The van der Waals surface area contributed by atoms with Gasteiger partial charge in [0.05, 0.1) is 11.2 Å². The fourth-order valence-corrected chi connectivity index (χ4v) is 2.09. The quantitative estimate of drug-likeness (QED) is 0.787. The van der Waals surface area contributed by atoms with Crippen LogP contribution in [0.15, 0.2) is 36.9 Å². The van der Waals surface area contributed by atoms with E-state index in [0.29, 0.717) is 5.82 Å². The van der Waals surface area contributed by atoms with E-state index in [4.69, 9.17) is 9.31 Å². The molecule has 0 amide bonds. The highest BCUT2D eigenvalue weighted by atomic mass is 16.7. The minimum atomic E-state index is -0.429. The molecule has 0 N–H and O–H groups in total. The summed E-state index contributed by atoms with van der Waals surface area (Å²) in [6, 6.07) is 3.76. The van der Waals surface area contributed by atoms with Crippen molar-refractivity contribution < 1.29 is 9.31 Å². The van der Waals surface area contributed by atoms with Gasteiger partial charge in [0.1, 0.15) is 0 Å². The van der Waals surface area contributed by atoms with Gasteiger partial charge in [0, 0.05) is 35.8 Å². The summed E-state index contributed by atoms with van der Waals surface area (Å²) in [5, 5.41) is 0. The topological polar surface area (TPSA) is 57.1 Å². The molecule has 1 fully saturated rings. The van der Waals surface area contributed by atoms with Gasteiger partial charge in [-0.1, -0.05) is 0 Å². The van der Waals surface area contributed by atoms with Crippen molar-refractivity contribution in [3.8, 4) is 11.4 Å². The van der Waals surface area contributed by atoms with Crippen LogP contribution in [0.2, 0.25) is 0 Å². The maximum absolute atomic E-state index is 5.98. The lowest BCUT2D eigenvalue weighted by molar-refractivity contribution is 0.00578. The molecule has 1 aliphatic heterocycles. The third-order valence-electron chi connectivity index (χ3n) is 4.14. The number of aromatic nitrogens is 3. The third-order valence-corrected chi connectivity index (χ3v) is 4.14. The Labute approximate surface area is 124 Å². The lowest BCUT2D eigenvalue weighted by atomic mass is 9.81. The van der Waals surface area contributed by atoms with Gasteiger partial charge >= 0.3 is 7.12 Å². The van der Waals surface area contributed by atoms with Crippen LogP contribution < -0.4 is 5.46 Å². The predicted octanol–water partition coefficient (Wildman–Crippen LogP) is 1.84. The van der Waals surface area contributed by atoms with Crippen LogP contribution in [0.4, 0.5) is 0 Å². The highest BCUT2D eigenvalue weighted by Gasteiger charge is 2.51. The van der Waals surface area contributed by atoms with Gasteiger partial charge in [0.2, 0.25) is 0 Å². The fourth-order valence-electron chi connectivity index (χ4n) is 2.09. The van der Waals surface area contributed by atoms with Crippen molar-refractivity contribution in [1.82, 2.24) is 15.0 Å². The van der Waals surface area contributed by atoms with E-state index in [1.807, 2.05) is 39.8 Å². The molecule has 0 aliphatic carbocycles. The van der Waals surface area contributed by atoms with Crippen molar-refractivity contribution in [2.45, 2.75) is 38.9 Å². The first kappa shape index (κ1) is 14.2. The number of hydrogen-bond acceptors (Lipinski definition) is 5. The lowest BCUT2D eigenvalue weighted by Crippen LogP contribution is -2.41. The van der Waals surface area contributed by atoms with E-state index in [2.05, 4.69) is 15.0 Å². The molecule has 5 nitrogen and oxygen atoms in total. The van der Waals surface area contributed by atoms with Gasteiger partial charge < -0.3 is 9.31 Å². The summed E-state index contributed by atoms with van der Waals surface area (Å²) in [4.78, 5) is 12.8. The summed E-state index contributed by atoms with van der Waals surface area (Å²) in [7, 11) is -0.429. The zero-order chi connectivity index (χ0) is 15.1. The van der Waals surface area contributed by atoms with Crippen LogP contribution >= 0.6 is 0 Å². The highest BCUT2D eigenvalue weighted by molar-refractivity contribution is 6.61. The van der Waals surface area contributed by atoms with E-state index in [-0.39, 0.29) is 11.2 Å². The zero-order valence-corrected chi connectivity index (χ0v) is 12.7. The number of nitrogens with zero attached hydrogens (tertiary/aromatic N) is 3. The summed E-state index contributed by atoms with van der Waals surface area (Å²) in [5.74, 6) is 0.665. The molecule has 0 atom stereocenters. The molecule has 0 aromatic carbocycles. The average molecular weight is 283 g/mol. The first-order valence-electron chi connectivity index (χ1n) is 6.97. The molecule has 0 unspecified atom stereocenters. The fraction of sp³-hybridized carbons (Fsp3) is 0.400. The molecular weight excluding hydrogens is 265 g/mol. The van der Waals surface area contributed by atoms with Crippen LogP contribution in [0.25, 0.3) is 11.4 Å². The van der Waals surface area contributed by atoms with Gasteiger partial charge in [0.25, 0.3) is 0 Å². The van der Waals surface area contributed by atoms with Crippen LogP contribution in [0, 0.1) is 0 Å². The van der Waals surface area contributed by atoms with Gasteiger partial charge in [-0.2, -0.15) is 0 Å². The Balaban J connectivity index is 1.83. The second-order valence-corrected chi connectivity index (χ2v) is 6.16. The molecule has 0 saturated carbocycles. The minimum Gasteiger partial charge on any atom is -0.399 e. The van der Waals surface area contributed by atoms with Gasteiger partial charge in [-0.3, -0.25) is 4.98 Å². The molecule has 1 saturated heterocycles. The van der Waals surface area contributed by atoms with Gasteiger partial charge in [0.15, 0.2) is 5.82 Å². The van der Waals surface area contributed by atoms with E-state index in [0.717, 1.165) is 11.0 Å². The van der Waals surface area contributed by atoms with E-state index >= 15 is 0 Å². The van der Waals surface area contributed by atoms with Crippen molar-refractivity contribution in [3.63, 3.8) is 0 Å². The first-order chi connectivity index (χ1) is 9.89. The van der Waals surface area contributed by atoms with E-state index in [9.17, 15) is 0 Å². The van der Waals surface area contributed by atoms with Crippen molar-refractivity contribution in [3.05, 3.63) is 36.9 Å². The number of hydrogen-bond donors (Lipinski definition) is 0. The summed E-state index contributed by atoms with van der Waals surface area (Å²) >= 11 is 0. The maximum Gasteiger partial charge on any atom is 0.498 e. The molecule has 3 rings (SSSR count). The Bertz CT molecular complexity index is 613. The third kappa shape index (κ3) is 2.56. The molecular formula is C15H18BN3O2. The molecule has 0 radical (unpaired) electrons. The Morgan fingerprint density at radius 3 is 1.95 bits per heavy atom. The summed E-state index contributed by atoms with van der Waals surface area (Å²) in [5.41, 5.74) is 1.04. The Kier molecular flexibility index (Phi) is 3.30. The van der Waals surface area contributed by atoms with Crippen molar-refractivity contribution >= 4 is 12.6 Å². The Morgan fingerprint density at radius 1 is 0.905 bits per heavy atom. The second-order valence-electron chi connectivity index (χ2n) is 6.16. The molecule has 6 heteroatoms. The van der Waals surface area contributed by atoms with Crippen molar-refractivity contribution in [2.75, 3.05) is 0 Å². The Morgan fingerprint density at radius 2 is 1.43 bits per heavy atom. The van der Waals surface area contributed by atoms with E-state index < -0.39 is 7.12 Å².